The molecule has 0 saturated carbocycles. The van der Waals surface area contributed by atoms with Crippen LogP contribution in [0.1, 0.15) is 16.8 Å². The molecule has 0 atom stereocenters. The summed E-state index contributed by atoms with van der Waals surface area (Å²) < 4.78 is 0. The molecule has 0 aliphatic rings. The summed E-state index contributed by atoms with van der Waals surface area (Å²) in [5.41, 5.74) is 7.51. The van der Waals surface area contributed by atoms with Gasteiger partial charge in [0.15, 0.2) is 5.15 Å². The van der Waals surface area contributed by atoms with Crippen LogP contribution in [0.25, 0.3) is 0 Å². The van der Waals surface area contributed by atoms with Gasteiger partial charge in [0.2, 0.25) is 5.95 Å². The van der Waals surface area contributed by atoms with Gasteiger partial charge >= 0.3 is 0 Å². The smallest absolute Gasteiger partial charge is 0.221 e. The molecule has 3 N–H and O–H groups in total. The van der Waals surface area contributed by atoms with Crippen molar-refractivity contribution in [3.63, 3.8) is 0 Å². The quantitative estimate of drug-likeness (QED) is 0.613. The number of aryl methyl sites for hydroxylation is 1. The van der Waals surface area contributed by atoms with Gasteiger partial charge in [-0.15, -0.1) is 0 Å². The predicted molar refractivity (Wildman–Crippen MR) is 76.0 cm³/mol. The van der Waals surface area contributed by atoms with E-state index in [4.69, 9.17) is 17.3 Å². The maximum atomic E-state index is 5.99. The third-order valence-electron chi connectivity index (χ3n) is 2.41. The Bertz CT molecular complexity index is 632. The van der Waals surface area contributed by atoms with Crippen LogP contribution in [0.4, 0.5) is 11.8 Å². The first kappa shape index (κ1) is 13.1. The number of hydrogen-bond acceptors (Lipinski definition) is 5. The van der Waals surface area contributed by atoms with Crippen molar-refractivity contribution in [2.24, 2.45) is 0 Å². The van der Waals surface area contributed by atoms with Crippen molar-refractivity contribution in [1.82, 2.24) is 15.0 Å². The minimum absolute atomic E-state index is 0.146. The summed E-state index contributed by atoms with van der Waals surface area (Å²) in [6.07, 6.45) is 1.68. The highest BCUT2D eigenvalue weighted by Crippen LogP contribution is 2.16. The van der Waals surface area contributed by atoms with Gasteiger partial charge in [-0.1, -0.05) is 23.4 Å². The zero-order valence-corrected chi connectivity index (χ0v) is 11.3. The molecule has 0 amide bonds. The highest BCUT2D eigenvalue weighted by molar-refractivity contribution is 6.30. The fourth-order valence-electron chi connectivity index (χ4n) is 1.45. The second-order valence-electron chi connectivity index (χ2n) is 3.77. The number of nitrogens with two attached hydrogens (primary N) is 1. The zero-order valence-electron chi connectivity index (χ0n) is 10.5. The van der Waals surface area contributed by atoms with E-state index in [1.54, 1.807) is 13.1 Å². The summed E-state index contributed by atoms with van der Waals surface area (Å²) in [6, 6.07) is 3.71. The molecule has 0 unspecified atom stereocenters. The van der Waals surface area contributed by atoms with Crippen molar-refractivity contribution in [2.45, 2.75) is 6.92 Å². The largest absolute Gasteiger partial charge is 0.373 e. The van der Waals surface area contributed by atoms with Crippen molar-refractivity contribution in [3.8, 4) is 11.8 Å². The number of halogens is 1. The first-order valence-electron chi connectivity index (χ1n) is 5.55. The van der Waals surface area contributed by atoms with Crippen LogP contribution < -0.4 is 11.1 Å². The Morgan fingerprint density at radius 2 is 2.05 bits per heavy atom. The lowest BCUT2D eigenvalue weighted by Crippen LogP contribution is -2.00. The van der Waals surface area contributed by atoms with Crippen LogP contribution in [0.2, 0.25) is 5.15 Å². The summed E-state index contributed by atoms with van der Waals surface area (Å²) in [7, 11) is 1.81. The minimum atomic E-state index is 0.146. The molecule has 0 aliphatic heterocycles. The van der Waals surface area contributed by atoms with Gasteiger partial charge in [0.1, 0.15) is 5.82 Å². The van der Waals surface area contributed by atoms with Crippen molar-refractivity contribution in [1.29, 1.82) is 0 Å². The molecule has 0 saturated heterocycles. The predicted octanol–water partition coefficient (Wildman–Crippen LogP) is 1.86. The van der Waals surface area contributed by atoms with E-state index in [0.717, 1.165) is 11.4 Å². The molecular formula is C13H12ClN5. The van der Waals surface area contributed by atoms with Gasteiger partial charge in [-0.3, -0.25) is 0 Å². The van der Waals surface area contributed by atoms with Crippen LogP contribution in [0.5, 0.6) is 0 Å². The molecule has 0 aromatic carbocycles. The lowest BCUT2D eigenvalue weighted by atomic mass is 10.2. The summed E-state index contributed by atoms with van der Waals surface area (Å²) in [5, 5.41) is 3.20. The number of nitrogens with one attached hydrogen (secondary N) is 1. The van der Waals surface area contributed by atoms with Crippen LogP contribution in [0.3, 0.4) is 0 Å². The second kappa shape index (κ2) is 5.55. The number of anilines is 2. The average Bonchev–Trinajstić information content (AvgIpc) is 2.38. The lowest BCUT2D eigenvalue weighted by Gasteiger charge is -2.01. The first-order valence-corrected chi connectivity index (χ1v) is 5.93. The van der Waals surface area contributed by atoms with Crippen molar-refractivity contribution < 1.29 is 0 Å². The van der Waals surface area contributed by atoms with Crippen LogP contribution in [0.15, 0.2) is 18.3 Å². The van der Waals surface area contributed by atoms with E-state index in [2.05, 4.69) is 32.1 Å². The van der Waals surface area contributed by atoms with Crippen molar-refractivity contribution in [3.05, 3.63) is 40.3 Å². The lowest BCUT2D eigenvalue weighted by molar-refractivity contribution is 1.11. The monoisotopic (exact) mass is 273 g/mol. The Kier molecular flexibility index (Phi) is 3.83. The van der Waals surface area contributed by atoms with Crippen LogP contribution in [-0.4, -0.2) is 22.0 Å². The first-order chi connectivity index (χ1) is 9.10. The normalized spacial score (nSPS) is 9.63. The maximum Gasteiger partial charge on any atom is 0.221 e. The van der Waals surface area contributed by atoms with Gasteiger partial charge < -0.3 is 11.1 Å². The van der Waals surface area contributed by atoms with Gasteiger partial charge in [-0.2, -0.15) is 4.98 Å². The second-order valence-corrected chi connectivity index (χ2v) is 4.12. The van der Waals surface area contributed by atoms with E-state index in [1.807, 2.05) is 19.2 Å². The van der Waals surface area contributed by atoms with Gasteiger partial charge in [0.25, 0.3) is 0 Å². The molecule has 0 bridgehead atoms. The average molecular weight is 274 g/mol. The molecule has 2 aromatic rings. The van der Waals surface area contributed by atoms with E-state index < -0.39 is 0 Å². The summed E-state index contributed by atoms with van der Waals surface area (Å²) in [4.78, 5) is 12.1. The molecule has 0 spiro atoms. The van der Waals surface area contributed by atoms with Gasteiger partial charge in [0.05, 0.1) is 11.3 Å². The molecule has 2 rings (SSSR count). The third-order valence-corrected chi connectivity index (χ3v) is 2.69. The number of nitrogen functional groups attached to an aromatic ring is 1. The Hall–Kier alpha value is -2.32. The number of rotatable bonds is 1. The molecule has 2 aromatic heterocycles. The van der Waals surface area contributed by atoms with Crippen molar-refractivity contribution >= 4 is 23.4 Å². The number of hydrogen-bond donors (Lipinski definition) is 2. The van der Waals surface area contributed by atoms with Gasteiger partial charge in [0, 0.05) is 18.8 Å². The highest BCUT2D eigenvalue weighted by atomic mass is 35.5. The molecule has 96 valence electrons. The highest BCUT2D eigenvalue weighted by Gasteiger charge is 2.05. The molecule has 6 heteroatoms. The summed E-state index contributed by atoms with van der Waals surface area (Å²) in [6.45, 7) is 1.79. The van der Waals surface area contributed by atoms with E-state index in [0.29, 0.717) is 11.3 Å². The van der Waals surface area contributed by atoms with E-state index in [9.17, 15) is 0 Å². The Balaban J connectivity index is 2.33. The SMILES string of the molecule is CNc1ccc(C#Cc2c(C)nc(N)nc2Cl)cn1. The molecule has 0 radical (unpaired) electrons. The molecule has 0 fully saturated rings. The Labute approximate surface area is 116 Å². The molecule has 0 aliphatic carbocycles. The van der Waals surface area contributed by atoms with Gasteiger partial charge in [-0.05, 0) is 19.1 Å². The number of nitrogens with zero attached hydrogens (tertiary/aromatic N) is 3. The number of pyridine rings is 1. The number of aromatic nitrogens is 3. The van der Waals surface area contributed by atoms with Gasteiger partial charge in [-0.25, -0.2) is 9.97 Å². The van der Waals surface area contributed by atoms with E-state index in [1.165, 1.54) is 0 Å². The molecular weight excluding hydrogens is 262 g/mol. The molecule has 19 heavy (non-hydrogen) atoms. The van der Waals surface area contributed by atoms with E-state index in [-0.39, 0.29) is 11.1 Å². The van der Waals surface area contributed by atoms with Crippen LogP contribution in [0, 0.1) is 18.8 Å². The fraction of sp³-hybridized carbons (Fsp3) is 0.154. The molecule has 2 heterocycles. The summed E-state index contributed by atoms with van der Waals surface area (Å²) in [5.74, 6) is 6.84. The van der Waals surface area contributed by atoms with Crippen molar-refractivity contribution in [2.75, 3.05) is 18.1 Å². The topological polar surface area (TPSA) is 76.7 Å². The minimum Gasteiger partial charge on any atom is -0.373 e. The zero-order chi connectivity index (χ0) is 13.8. The van der Waals surface area contributed by atoms with Crippen LogP contribution >= 0.6 is 11.6 Å². The fourth-order valence-corrected chi connectivity index (χ4v) is 1.72. The molecule has 5 nitrogen and oxygen atoms in total. The third kappa shape index (κ3) is 3.12. The van der Waals surface area contributed by atoms with Crippen LogP contribution in [-0.2, 0) is 0 Å². The standard InChI is InChI=1S/C13H12ClN5/c1-8-10(12(14)19-13(15)18-8)5-3-9-4-6-11(16-2)17-7-9/h4,6-7H,1-2H3,(H,16,17)(H2,15,18,19). The van der Waals surface area contributed by atoms with E-state index >= 15 is 0 Å². The summed E-state index contributed by atoms with van der Waals surface area (Å²) >= 11 is 5.99. The maximum absolute atomic E-state index is 5.99. The Morgan fingerprint density at radius 1 is 1.26 bits per heavy atom. The Morgan fingerprint density at radius 3 is 2.63 bits per heavy atom.